The molecule has 0 radical (unpaired) electrons. The third kappa shape index (κ3) is 6.25. The van der Waals surface area contributed by atoms with E-state index in [1.165, 1.54) is 18.2 Å². The van der Waals surface area contributed by atoms with Crippen LogP contribution in [-0.4, -0.2) is 91.8 Å². The van der Waals surface area contributed by atoms with Crippen molar-refractivity contribution in [3.63, 3.8) is 0 Å². The summed E-state index contributed by atoms with van der Waals surface area (Å²) in [5.41, 5.74) is 3.01. The van der Waals surface area contributed by atoms with E-state index in [1.807, 2.05) is 48.0 Å². The standard InChI is InChI=1S/C41H39F2N9O4/c1-48(23-25-10-11-28-37(38(25)43)41(56)51(40(28)55)31-12-15-36(53)46-39(31)54)27-16-19-49(20-17-27)34-9-3-7-29(45-34)32-22-44-33-13-14-35(47-52(32)33)50-18-4-8-30(50)24-5-2-6-26(42)21-24/h2-3,5-7,9-11,13-14,21-22,27,30-31H,4,8,12,15-20,23H2,1H3,(H,46,53,54)/t30-,31?/m1/s1. The van der Waals surface area contributed by atoms with Crippen LogP contribution in [0.2, 0.25) is 0 Å². The molecule has 9 rings (SSSR count). The van der Waals surface area contributed by atoms with E-state index in [4.69, 9.17) is 10.1 Å². The quantitative estimate of drug-likeness (QED) is 0.218. The van der Waals surface area contributed by atoms with Crippen LogP contribution in [0.25, 0.3) is 17.0 Å². The number of nitrogens with zero attached hydrogens (tertiary/aromatic N) is 8. The lowest BCUT2D eigenvalue weighted by molar-refractivity contribution is -0.136. The zero-order chi connectivity index (χ0) is 38.7. The van der Waals surface area contributed by atoms with Crippen LogP contribution in [0.1, 0.15) is 76.4 Å². The maximum atomic E-state index is 15.9. The van der Waals surface area contributed by atoms with Gasteiger partial charge in [-0.1, -0.05) is 24.3 Å². The summed E-state index contributed by atoms with van der Waals surface area (Å²) in [6, 6.07) is 18.6. The second kappa shape index (κ2) is 14.2. The maximum absolute atomic E-state index is 15.9. The lowest BCUT2D eigenvalue weighted by Crippen LogP contribution is -2.54. The van der Waals surface area contributed by atoms with Crippen LogP contribution in [0.15, 0.2) is 72.9 Å². The lowest BCUT2D eigenvalue weighted by atomic mass is 10.0. The number of carbonyl (C=O) groups is 4. The number of rotatable bonds is 8. The number of nitrogens with one attached hydrogen (secondary N) is 1. The first-order valence-electron chi connectivity index (χ1n) is 19.0. The molecule has 3 saturated heterocycles. The minimum atomic E-state index is -1.16. The largest absolute Gasteiger partial charge is 0.356 e. The van der Waals surface area contributed by atoms with Gasteiger partial charge in [-0.25, -0.2) is 23.3 Å². The van der Waals surface area contributed by atoms with E-state index in [0.29, 0.717) is 5.65 Å². The van der Waals surface area contributed by atoms with Crippen molar-refractivity contribution in [3.05, 3.63) is 107 Å². The van der Waals surface area contributed by atoms with Gasteiger partial charge in [-0.2, -0.15) is 0 Å². The molecule has 1 unspecified atom stereocenters. The normalized spacial score (nSPS) is 20.5. The van der Waals surface area contributed by atoms with Crippen LogP contribution in [-0.2, 0) is 16.1 Å². The van der Waals surface area contributed by atoms with Gasteiger partial charge in [-0.15, -0.1) is 5.10 Å². The van der Waals surface area contributed by atoms with Crippen LogP contribution in [0, 0.1) is 11.6 Å². The summed E-state index contributed by atoms with van der Waals surface area (Å²) >= 11 is 0. The van der Waals surface area contributed by atoms with Gasteiger partial charge in [0, 0.05) is 44.2 Å². The maximum Gasteiger partial charge on any atom is 0.265 e. The molecule has 0 saturated carbocycles. The predicted molar refractivity (Wildman–Crippen MR) is 202 cm³/mol. The molecule has 0 bridgehead atoms. The van der Waals surface area contributed by atoms with Crippen molar-refractivity contribution in [2.45, 2.75) is 63.2 Å². The van der Waals surface area contributed by atoms with Gasteiger partial charge in [0.25, 0.3) is 11.8 Å². The van der Waals surface area contributed by atoms with Crippen LogP contribution in [0.3, 0.4) is 0 Å². The first kappa shape index (κ1) is 35.6. The molecule has 2 atom stereocenters. The Morgan fingerprint density at radius 3 is 2.48 bits per heavy atom. The van der Waals surface area contributed by atoms with Gasteiger partial charge in [0.15, 0.2) is 5.65 Å². The Bertz CT molecular complexity index is 2410. The lowest BCUT2D eigenvalue weighted by Gasteiger charge is -2.37. The smallest absolute Gasteiger partial charge is 0.265 e. The van der Waals surface area contributed by atoms with Gasteiger partial charge in [-0.05, 0) is 87.2 Å². The average molecular weight is 760 g/mol. The van der Waals surface area contributed by atoms with E-state index in [2.05, 4.69) is 25.0 Å². The summed E-state index contributed by atoms with van der Waals surface area (Å²) in [5, 5.41) is 7.16. The molecular weight excluding hydrogens is 721 g/mol. The molecule has 4 amide bonds. The Morgan fingerprint density at radius 1 is 0.857 bits per heavy atom. The molecule has 4 aliphatic heterocycles. The second-order valence-corrected chi connectivity index (χ2v) is 14.9. The van der Waals surface area contributed by atoms with Gasteiger partial charge in [0.05, 0.1) is 29.1 Å². The summed E-state index contributed by atoms with van der Waals surface area (Å²) in [7, 11) is 1.92. The molecule has 4 aliphatic rings. The average Bonchev–Trinajstić information content (AvgIpc) is 3.93. The van der Waals surface area contributed by atoms with Crippen LogP contribution in [0.5, 0.6) is 0 Å². The van der Waals surface area contributed by atoms with E-state index in [1.54, 1.807) is 18.3 Å². The fourth-order valence-corrected chi connectivity index (χ4v) is 8.65. The Hall–Kier alpha value is -6.09. The minimum absolute atomic E-state index is 0.00409. The van der Waals surface area contributed by atoms with Gasteiger partial charge in [0.1, 0.15) is 35.0 Å². The van der Waals surface area contributed by atoms with Crippen LogP contribution in [0.4, 0.5) is 20.4 Å². The summed E-state index contributed by atoms with van der Waals surface area (Å²) < 4.78 is 31.9. The Kier molecular flexibility index (Phi) is 9.03. The Balaban J connectivity index is 0.868. The van der Waals surface area contributed by atoms with Crippen molar-refractivity contribution >= 4 is 40.9 Å². The topological polar surface area (TPSA) is 136 Å². The first-order chi connectivity index (χ1) is 27.1. The number of piperidine rings is 2. The highest BCUT2D eigenvalue weighted by molar-refractivity contribution is 6.23. The molecule has 3 fully saturated rings. The van der Waals surface area contributed by atoms with Crippen molar-refractivity contribution in [1.29, 1.82) is 0 Å². The number of carbonyl (C=O) groups excluding carboxylic acids is 4. The highest BCUT2D eigenvalue weighted by atomic mass is 19.1. The number of amides is 4. The highest BCUT2D eigenvalue weighted by Crippen LogP contribution is 2.36. The zero-order valence-corrected chi connectivity index (χ0v) is 30.7. The summed E-state index contributed by atoms with van der Waals surface area (Å²) in [6.07, 6.45) is 5.25. The first-order valence-corrected chi connectivity index (χ1v) is 19.0. The van der Waals surface area contributed by atoms with E-state index >= 15 is 4.39 Å². The molecule has 56 heavy (non-hydrogen) atoms. The van der Waals surface area contributed by atoms with Crippen molar-refractivity contribution < 1.29 is 28.0 Å². The minimum Gasteiger partial charge on any atom is -0.356 e. The number of hydrogen-bond donors (Lipinski definition) is 1. The number of anilines is 2. The molecule has 1 N–H and O–H groups in total. The molecular formula is C41H39F2N9O4. The Morgan fingerprint density at radius 2 is 1.68 bits per heavy atom. The van der Waals surface area contributed by atoms with Gasteiger partial charge >= 0.3 is 0 Å². The summed E-state index contributed by atoms with van der Waals surface area (Å²) in [6.45, 7) is 2.48. The molecule has 13 nitrogen and oxygen atoms in total. The SMILES string of the molecule is CN(Cc1ccc2c(c1F)C(=O)N(C1CCC(=O)NC1=O)C2=O)C1CCN(c2cccc(-c3cnc4ccc(N5CCC[C@@H]5c5cccc(F)c5)nn34)n2)CC1. The van der Waals surface area contributed by atoms with E-state index in [9.17, 15) is 23.6 Å². The van der Waals surface area contributed by atoms with Crippen molar-refractivity contribution in [2.75, 3.05) is 36.5 Å². The van der Waals surface area contributed by atoms with Crippen molar-refractivity contribution in [3.8, 4) is 11.4 Å². The van der Waals surface area contributed by atoms with Gasteiger partial charge in [-0.3, -0.25) is 34.3 Å². The molecule has 2 aromatic carbocycles. The van der Waals surface area contributed by atoms with Crippen LogP contribution >= 0.6 is 0 Å². The molecule has 286 valence electrons. The van der Waals surface area contributed by atoms with Crippen molar-refractivity contribution in [2.24, 2.45) is 0 Å². The monoisotopic (exact) mass is 759 g/mol. The third-order valence-electron chi connectivity index (χ3n) is 11.6. The number of imidazole rings is 1. The number of imide groups is 2. The molecule has 5 aromatic rings. The van der Waals surface area contributed by atoms with E-state index < -0.39 is 35.5 Å². The Labute approximate surface area is 320 Å². The molecule has 0 spiro atoms. The second-order valence-electron chi connectivity index (χ2n) is 14.9. The predicted octanol–water partition coefficient (Wildman–Crippen LogP) is 4.91. The fraction of sp³-hybridized carbons (Fsp3) is 0.341. The summed E-state index contributed by atoms with van der Waals surface area (Å²) in [5.74, 6) is -2.18. The number of benzene rings is 2. The fourth-order valence-electron chi connectivity index (χ4n) is 8.65. The van der Waals surface area contributed by atoms with E-state index in [0.717, 1.165) is 78.8 Å². The molecule has 3 aromatic heterocycles. The number of pyridine rings is 1. The highest BCUT2D eigenvalue weighted by Gasteiger charge is 2.46. The third-order valence-corrected chi connectivity index (χ3v) is 11.6. The van der Waals surface area contributed by atoms with Gasteiger partial charge < -0.3 is 9.80 Å². The van der Waals surface area contributed by atoms with Crippen molar-refractivity contribution in [1.82, 2.24) is 34.7 Å². The number of hydrogen-bond acceptors (Lipinski definition) is 10. The molecule has 7 heterocycles. The number of halogens is 2. The van der Waals surface area contributed by atoms with Gasteiger partial charge in [0.2, 0.25) is 11.8 Å². The zero-order valence-electron chi connectivity index (χ0n) is 30.7. The van der Waals surface area contributed by atoms with Crippen LogP contribution < -0.4 is 15.1 Å². The number of fused-ring (bicyclic) bond motifs is 2. The molecule has 0 aliphatic carbocycles. The molecule has 15 heteroatoms. The van der Waals surface area contributed by atoms with E-state index in [-0.39, 0.29) is 54.0 Å². The number of aromatic nitrogens is 4. The summed E-state index contributed by atoms with van der Waals surface area (Å²) in [4.78, 5) is 67.4.